The van der Waals surface area contributed by atoms with Crippen LogP contribution in [0.1, 0.15) is 21.3 Å². The first kappa shape index (κ1) is 17.3. The van der Waals surface area contributed by atoms with Crippen molar-refractivity contribution in [1.82, 2.24) is 4.57 Å². The molecule has 5 nitrogen and oxygen atoms in total. The van der Waals surface area contributed by atoms with Crippen LogP contribution in [0.4, 0.5) is 5.69 Å². The summed E-state index contributed by atoms with van der Waals surface area (Å²) >= 11 is 11.9. The molecule has 0 saturated heterocycles. The topological polar surface area (TPSA) is 71.3 Å². The minimum atomic E-state index is -1.19. The van der Waals surface area contributed by atoms with E-state index in [1.54, 1.807) is 12.3 Å². The van der Waals surface area contributed by atoms with Gasteiger partial charge in [0.2, 0.25) is 0 Å². The van der Waals surface area contributed by atoms with E-state index in [1.807, 2.05) is 35.9 Å². The van der Waals surface area contributed by atoms with E-state index in [0.717, 1.165) is 10.9 Å². The SMILES string of the molecule is Cn1cc(C(=O)Nc2ccc(C(Cl)C(=O)O)cc2Cl)c2ccccc21. The zero-order chi connectivity index (χ0) is 18.1. The fourth-order valence-corrected chi connectivity index (χ4v) is 3.02. The van der Waals surface area contributed by atoms with Crippen molar-refractivity contribution in [2.75, 3.05) is 5.32 Å². The number of hydrogen-bond donors (Lipinski definition) is 2. The van der Waals surface area contributed by atoms with Gasteiger partial charge in [0.15, 0.2) is 5.38 Å². The molecule has 1 atom stereocenters. The molecule has 128 valence electrons. The molecule has 0 aliphatic rings. The Bertz CT molecular complexity index is 982. The number of nitrogens with zero attached hydrogens (tertiary/aromatic N) is 1. The molecule has 0 saturated carbocycles. The fourth-order valence-electron chi connectivity index (χ4n) is 2.65. The number of hydrogen-bond acceptors (Lipinski definition) is 2. The van der Waals surface area contributed by atoms with Crippen LogP contribution in [0.3, 0.4) is 0 Å². The highest BCUT2D eigenvalue weighted by atomic mass is 35.5. The minimum Gasteiger partial charge on any atom is -0.480 e. The molecule has 7 heteroatoms. The molecule has 25 heavy (non-hydrogen) atoms. The third-order valence-electron chi connectivity index (χ3n) is 3.89. The summed E-state index contributed by atoms with van der Waals surface area (Å²) in [5.41, 5.74) is 2.21. The Morgan fingerprint density at radius 3 is 2.60 bits per heavy atom. The number of nitrogens with one attached hydrogen (secondary N) is 1. The van der Waals surface area contributed by atoms with E-state index in [4.69, 9.17) is 28.3 Å². The minimum absolute atomic E-state index is 0.220. The van der Waals surface area contributed by atoms with Crippen molar-refractivity contribution in [3.8, 4) is 0 Å². The summed E-state index contributed by atoms with van der Waals surface area (Å²) in [5.74, 6) is -1.46. The number of aliphatic carboxylic acids is 1. The van der Waals surface area contributed by atoms with Crippen molar-refractivity contribution < 1.29 is 14.7 Å². The van der Waals surface area contributed by atoms with Crippen molar-refractivity contribution >= 4 is 51.7 Å². The van der Waals surface area contributed by atoms with Crippen LogP contribution in [0, 0.1) is 0 Å². The summed E-state index contributed by atoms with van der Waals surface area (Å²) in [7, 11) is 1.87. The van der Waals surface area contributed by atoms with E-state index in [1.165, 1.54) is 12.1 Å². The molecule has 1 amide bonds. The van der Waals surface area contributed by atoms with E-state index < -0.39 is 11.3 Å². The Morgan fingerprint density at radius 2 is 1.92 bits per heavy atom. The van der Waals surface area contributed by atoms with Gasteiger partial charge in [0, 0.05) is 24.1 Å². The van der Waals surface area contributed by atoms with E-state index in [0.29, 0.717) is 16.8 Å². The highest BCUT2D eigenvalue weighted by Gasteiger charge is 2.19. The highest BCUT2D eigenvalue weighted by molar-refractivity contribution is 6.34. The first-order valence-electron chi connectivity index (χ1n) is 7.40. The van der Waals surface area contributed by atoms with Crippen LogP contribution in [0.25, 0.3) is 10.9 Å². The van der Waals surface area contributed by atoms with Crippen LogP contribution in [0.5, 0.6) is 0 Å². The number of halogens is 2. The maximum absolute atomic E-state index is 12.6. The molecule has 0 aliphatic carbocycles. The van der Waals surface area contributed by atoms with Gasteiger partial charge < -0.3 is 15.0 Å². The van der Waals surface area contributed by atoms with Crippen molar-refractivity contribution in [2.45, 2.75) is 5.38 Å². The van der Waals surface area contributed by atoms with E-state index in [9.17, 15) is 9.59 Å². The molecule has 2 N–H and O–H groups in total. The maximum Gasteiger partial charge on any atom is 0.326 e. The second kappa shape index (κ2) is 6.78. The van der Waals surface area contributed by atoms with Gasteiger partial charge in [0.25, 0.3) is 5.91 Å². The summed E-state index contributed by atoms with van der Waals surface area (Å²) in [5, 5.41) is 11.6. The largest absolute Gasteiger partial charge is 0.480 e. The summed E-state index contributed by atoms with van der Waals surface area (Å²) in [6, 6.07) is 12.1. The van der Waals surface area contributed by atoms with Gasteiger partial charge in [-0.3, -0.25) is 9.59 Å². The Hall–Kier alpha value is -2.50. The second-order valence-corrected chi connectivity index (χ2v) is 6.41. The lowest BCUT2D eigenvalue weighted by molar-refractivity contribution is -0.136. The number of amides is 1. The van der Waals surface area contributed by atoms with Crippen LogP contribution in [-0.4, -0.2) is 21.6 Å². The van der Waals surface area contributed by atoms with Crippen molar-refractivity contribution in [3.05, 3.63) is 64.8 Å². The van der Waals surface area contributed by atoms with Gasteiger partial charge in [-0.2, -0.15) is 0 Å². The third kappa shape index (κ3) is 3.34. The Morgan fingerprint density at radius 1 is 1.20 bits per heavy atom. The number of carbonyl (C=O) groups is 2. The number of alkyl halides is 1. The number of carboxylic acids is 1. The van der Waals surface area contributed by atoms with E-state index >= 15 is 0 Å². The summed E-state index contributed by atoms with van der Waals surface area (Å²) in [6.45, 7) is 0. The number of anilines is 1. The Balaban J connectivity index is 1.89. The molecular formula is C18H14Cl2N2O3. The van der Waals surface area contributed by atoms with Crippen LogP contribution < -0.4 is 5.32 Å². The molecule has 0 radical (unpaired) electrons. The summed E-state index contributed by atoms with van der Waals surface area (Å²) < 4.78 is 1.87. The molecule has 3 aromatic rings. The van der Waals surface area contributed by atoms with Crippen LogP contribution in [-0.2, 0) is 11.8 Å². The van der Waals surface area contributed by atoms with Crippen molar-refractivity contribution in [2.24, 2.45) is 7.05 Å². The Kier molecular flexibility index (Phi) is 4.70. The fraction of sp³-hybridized carbons (Fsp3) is 0.111. The zero-order valence-corrected chi connectivity index (χ0v) is 14.7. The molecule has 1 unspecified atom stereocenters. The van der Waals surface area contributed by atoms with Gasteiger partial charge in [-0.1, -0.05) is 35.9 Å². The average molecular weight is 377 g/mol. The summed E-state index contributed by atoms with van der Waals surface area (Å²) in [6.07, 6.45) is 1.75. The number of benzene rings is 2. The quantitative estimate of drug-likeness (QED) is 0.660. The maximum atomic E-state index is 12.6. The molecule has 0 spiro atoms. The number of aromatic nitrogens is 1. The summed E-state index contributed by atoms with van der Waals surface area (Å²) in [4.78, 5) is 23.6. The van der Waals surface area contributed by atoms with Gasteiger partial charge in [-0.25, -0.2) is 0 Å². The van der Waals surface area contributed by atoms with Crippen molar-refractivity contribution in [3.63, 3.8) is 0 Å². The number of rotatable bonds is 4. The molecule has 0 fully saturated rings. The van der Waals surface area contributed by atoms with E-state index in [-0.39, 0.29) is 10.9 Å². The second-order valence-electron chi connectivity index (χ2n) is 5.57. The Labute approximate surface area is 153 Å². The molecular weight excluding hydrogens is 363 g/mol. The van der Waals surface area contributed by atoms with Gasteiger partial charge >= 0.3 is 5.97 Å². The molecule has 2 aromatic carbocycles. The zero-order valence-electron chi connectivity index (χ0n) is 13.2. The lowest BCUT2D eigenvalue weighted by Gasteiger charge is -2.10. The van der Waals surface area contributed by atoms with Crippen LogP contribution >= 0.6 is 23.2 Å². The number of fused-ring (bicyclic) bond motifs is 1. The predicted octanol–water partition coefficient (Wildman–Crippen LogP) is 4.45. The lowest BCUT2D eigenvalue weighted by atomic mass is 10.1. The standard InChI is InChI=1S/C18H14Cl2N2O3/c1-22-9-12(11-4-2-3-5-15(11)22)17(23)21-14-7-6-10(8-13(14)19)16(20)18(24)25/h2-9,16H,1H3,(H,21,23)(H,24,25). The first-order chi connectivity index (χ1) is 11.9. The molecule has 0 aliphatic heterocycles. The number of carbonyl (C=O) groups excluding carboxylic acids is 1. The smallest absolute Gasteiger partial charge is 0.326 e. The van der Waals surface area contributed by atoms with Crippen LogP contribution in [0.15, 0.2) is 48.7 Å². The number of para-hydroxylation sites is 1. The van der Waals surface area contributed by atoms with Crippen molar-refractivity contribution in [1.29, 1.82) is 0 Å². The van der Waals surface area contributed by atoms with E-state index in [2.05, 4.69) is 5.32 Å². The van der Waals surface area contributed by atoms with Gasteiger partial charge in [-0.05, 0) is 23.8 Å². The number of carboxylic acid groups (broad SMARTS) is 1. The first-order valence-corrected chi connectivity index (χ1v) is 8.21. The highest BCUT2D eigenvalue weighted by Crippen LogP contribution is 2.30. The molecule has 1 aromatic heterocycles. The van der Waals surface area contributed by atoms with Gasteiger partial charge in [0.05, 0.1) is 16.3 Å². The normalized spacial score (nSPS) is 12.1. The van der Waals surface area contributed by atoms with Crippen LogP contribution in [0.2, 0.25) is 5.02 Å². The lowest BCUT2D eigenvalue weighted by Crippen LogP contribution is -2.12. The average Bonchev–Trinajstić information content (AvgIpc) is 2.93. The molecule has 1 heterocycles. The predicted molar refractivity (Wildman–Crippen MR) is 98.6 cm³/mol. The van der Waals surface area contributed by atoms with Gasteiger partial charge in [0.1, 0.15) is 0 Å². The number of aryl methyl sites for hydroxylation is 1. The molecule has 0 bridgehead atoms. The van der Waals surface area contributed by atoms with Gasteiger partial charge in [-0.15, -0.1) is 11.6 Å². The monoisotopic (exact) mass is 376 g/mol. The molecule has 3 rings (SSSR count). The third-order valence-corrected chi connectivity index (χ3v) is 4.64.